The third-order valence-corrected chi connectivity index (χ3v) is 15.5. The minimum atomic E-state index is -4.09. The molecule has 0 unspecified atom stereocenters. The number of benzene rings is 6. The summed E-state index contributed by atoms with van der Waals surface area (Å²) < 4.78 is 77.0. The van der Waals surface area contributed by atoms with Crippen LogP contribution in [0.2, 0.25) is 0 Å². The predicted octanol–water partition coefficient (Wildman–Crippen LogP) is 8.17. The third-order valence-electron chi connectivity index (χ3n) is 12.7. The molecule has 2 fully saturated rings. The third kappa shape index (κ3) is 10.8. The molecule has 17 heteroatoms. The van der Waals surface area contributed by atoms with E-state index >= 15 is 0 Å². The number of hydrogen-bond donors (Lipinski definition) is 2. The lowest BCUT2D eigenvalue weighted by atomic mass is 9.97. The fraction of sp³-hybridized carbons (Fsp3) is 0.283. The number of rotatable bonds is 16. The minimum Gasteiger partial charge on any atom is -0.495 e. The van der Waals surface area contributed by atoms with Gasteiger partial charge in [-0.05, 0) is 127 Å². The molecule has 8 rings (SSSR count). The highest BCUT2D eigenvalue weighted by molar-refractivity contribution is 7.93. The zero-order valence-corrected chi connectivity index (χ0v) is 41.6. The van der Waals surface area contributed by atoms with Crippen molar-refractivity contribution in [2.24, 2.45) is 0 Å². The molecule has 0 spiro atoms. The maximum Gasteiger partial charge on any atom is 0.261 e. The Kier molecular flexibility index (Phi) is 14.9. The van der Waals surface area contributed by atoms with E-state index in [9.17, 15) is 26.4 Å². The summed E-state index contributed by atoms with van der Waals surface area (Å²) in [7, 11) is -4.90. The molecule has 2 amide bonds. The second-order valence-electron chi connectivity index (χ2n) is 17.0. The van der Waals surface area contributed by atoms with E-state index < -0.39 is 20.0 Å². The molecule has 2 aliphatic heterocycles. The highest BCUT2D eigenvalue weighted by Gasteiger charge is 2.30. The Labute approximate surface area is 410 Å². The molecule has 366 valence electrons. The van der Waals surface area contributed by atoms with Gasteiger partial charge in [0.25, 0.3) is 31.9 Å². The molecule has 15 nitrogen and oxygen atoms in total. The average Bonchev–Trinajstić information content (AvgIpc) is 3.38. The van der Waals surface area contributed by atoms with Gasteiger partial charge in [-0.25, -0.2) is 16.8 Å². The molecule has 2 saturated heterocycles. The van der Waals surface area contributed by atoms with E-state index in [2.05, 4.69) is 19.2 Å². The van der Waals surface area contributed by atoms with Crippen LogP contribution in [0.1, 0.15) is 45.7 Å². The predicted molar refractivity (Wildman–Crippen MR) is 274 cm³/mol. The van der Waals surface area contributed by atoms with Gasteiger partial charge in [-0.3, -0.25) is 19.0 Å². The molecule has 6 aromatic rings. The van der Waals surface area contributed by atoms with E-state index in [0.29, 0.717) is 104 Å². The molecule has 0 radical (unpaired) electrons. The monoisotopic (exact) mass is 986 g/mol. The Morgan fingerprint density at radius 3 is 1.63 bits per heavy atom. The first-order valence-corrected chi connectivity index (χ1v) is 26.2. The molecule has 6 aromatic carbocycles. The van der Waals surface area contributed by atoms with Gasteiger partial charge in [0.05, 0.1) is 42.0 Å². The molecular formula is C53H58N6O9S2. The van der Waals surface area contributed by atoms with Gasteiger partial charge in [0.2, 0.25) is 0 Å². The second kappa shape index (κ2) is 21.2. The molecule has 0 bridgehead atoms. The van der Waals surface area contributed by atoms with Crippen LogP contribution in [0.15, 0.2) is 137 Å². The van der Waals surface area contributed by atoms with Gasteiger partial charge in [0.1, 0.15) is 17.2 Å². The largest absolute Gasteiger partial charge is 0.495 e. The van der Waals surface area contributed by atoms with Crippen molar-refractivity contribution in [1.29, 1.82) is 0 Å². The summed E-state index contributed by atoms with van der Waals surface area (Å²) in [6.07, 6.45) is 0.815. The molecule has 0 atom stereocenters. The van der Waals surface area contributed by atoms with Crippen LogP contribution in [0, 0.1) is 6.92 Å². The van der Waals surface area contributed by atoms with Crippen molar-refractivity contribution in [2.75, 3.05) is 92.4 Å². The number of carbonyl (C=O) groups excluding carboxylic acids is 2. The fourth-order valence-corrected chi connectivity index (χ4v) is 10.9. The van der Waals surface area contributed by atoms with Gasteiger partial charge >= 0.3 is 0 Å². The van der Waals surface area contributed by atoms with Crippen molar-refractivity contribution in [3.05, 3.63) is 150 Å². The number of hydrogen-bond acceptors (Lipinski definition) is 11. The van der Waals surface area contributed by atoms with Crippen molar-refractivity contribution in [3.8, 4) is 28.4 Å². The van der Waals surface area contributed by atoms with E-state index in [-0.39, 0.29) is 27.2 Å². The number of para-hydroxylation sites is 2. The van der Waals surface area contributed by atoms with Crippen LogP contribution in [0.5, 0.6) is 17.2 Å². The standard InChI is InChI=1S/C53H58N6O9S2/c1-6-38-13-16-40(17-14-38)54-70(64,65)44-23-24-45(47(36-44)53(61)59-32-26-56(27-33-59)48-10-8-9-11-50(48)66-4)39-15-25-49(51(34-39)67-5)57-28-30-58(31-29-57)52(60)46-35-43(22-12-37(46)3)69(62,63)55-41-18-20-42(21-19-41)68-7-2/h8-25,34-36,54-55H,6-7,26-33H2,1-5H3. The Hall–Kier alpha value is -7.24. The normalized spacial score (nSPS) is 14.2. The number of ether oxygens (including phenoxy) is 3. The first-order valence-electron chi connectivity index (χ1n) is 23.2. The summed E-state index contributed by atoms with van der Waals surface area (Å²) in [6, 6.07) is 36.4. The Morgan fingerprint density at radius 1 is 0.557 bits per heavy atom. The molecule has 2 aliphatic rings. The van der Waals surface area contributed by atoms with Gasteiger partial charge in [-0.1, -0.05) is 49.4 Å². The minimum absolute atomic E-state index is 0.0269. The van der Waals surface area contributed by atoms with E-state index in [1.807, 2.05) is 68.4 Å². The molecule has 0 aliphatic carbocycles. The quantitative estimate of drug-likeness (QED) is 0.0961. The number of anilines is 4. The summed E-state index contributed by atoms with van der Waals surface area (Å²) in [5.41, 5.74) is 5.95. The van der Waals surface area contributed by atoms with Crippen molar-refractivity contribution >= 4 is 54.6 Å². The Bertz CT molecular complexity index is 3080. The number of piperazine rings is 2. The maximum atomic E-state index is 14.7. The molecule has 2 N–H and O–H groups in total. The van der Waals surface area contributed by atoms with Crippen molar-refractivity contribution in [1.82, 2.24) is 9.80 Å². The Morgan fingerprint density at radius 2 is 1.07 bits per heavy atom. The lowest BCUT2D eigenvalue weighted by Gasteiger charge is -2.37. The van der Waals surface area contributed by atoms with Gasteiger partial charge < -0.3 is 33.8 Å². The van der Waals surface area contributed by atoms with Crippen LogP contribution < -0.4 is 33.5 Å². The maximum absolute atomic E-state index is 14.7. The highest BCUT2D eigenvalue weighted by atomic mass is 32.2. The highest BCUT2D eigenvalue weighted by Crippen LogP contribution is 2.37. The lowest BCUT2D eigenvalue weighted by Crippen LogP contribution is -2.49. The van der Waals surface area contributed by atoms with Gasteiger partial charge in [-0.15, -0.1) is 0 Å². The zero-order chi connectivity index (χ0) is 49.6. The van der Waals surface area contributed by atoms with E-state index in [1.165, 1.54) is 24.3 Å². The zero-order valence-electron chi connectivity index (χ0n) is 40.0. The molecule has 0 aromatic heterocycles. The number of aryl methyl sites for hydroxylation is 2. The summed E-state index contributed by atoms with van der Waals surface area (Å²) >= 11 is 0. The molecular weight excluding hydrogens is 929 g/mol. The molecule has 70 heavy (non-hydrogen) atoms. The van der Waals surface area contributed by atoms with Crippen LogP contribution in [-0.4, -0.2) is 112 Å². The van der Waals surface area contributed by atoms with Crippen LogP contribution in [0.4, 0.5) is 22.7 Å². The van der Waals surface area contributed by atoms with Crippen LogP contribution in [-0.2, 0) is 26.5 Å². The number of sulfonamides is 2. The SMILES string of the molecule is CCOc1ccc(NS(=O)(=O)c2ccc(C)c(C(=O)N3CCN(c4ccc(-c5ccc(S(=O)(=O)Nc6ccc(CC)cc6)cc5C(=O)N5CCN(c6ccccc6OC)CC5)cc4OC)CC3)c2)cc1. The number of nitrogens with one attached hydrogen (secondary N) is 2. The summed E-state index contributed by atoms with van der Waals surface area (Å²) in [5, 5.41) is 0. The topological polar surface area (TPSA) is 167 Å². The molecule has 2 heterocycles. The lowest BCUT2D eigenvalue weighted by molar-refractivity contribution is 0.0738. The Balaban J connectivity index is 1.01. The van der Waals surface area contributed by atoms with Crippen LogP contribution >= 0.6 is 0 Å². The molecule has 0 saturated carbocycles. The van der Waals surface area contributed by atoms with Gasteiger partial charge in [0, 0.05) is 74.9 Å². The summed E-state index contributed by atoms with van der Waals surface area (Å²) in [4.78, 5) is 36.4. The number of carbonyl (C=O) groups is 2. The van der Waals surface area contributed by atoms with Crippen molar-refractivity contribution < 1.29 is 40.6 Å². The van der Waals surface area contributed by atoms with E-state index in [1.54, 1.807) is 79.5 Å². The average molecular weight is 987 g/mol. The summed E-state index contributed by atoms with van der Waals surface area (Å²) in [5.74, 6) is 1.33. The fourth-order valence-electron chi connectivity index (χ4n) is 8.78. The van der Waals surface area contributed by atoms with E-state index in [4.69, 9.17) is 14.2 Å². The van der Waals surface area contributed by atoms with Gasteiger partial charge in [0.15, 0.2) is 0 Å². The van der Waals surface area contributed by atoms with E-state index in [0.717, 1.165) is 29.1 Å². The number of nitrogens with zero attached hydrogens (tertiary/aromatic N) is 4. The first kappa shape index (κ1) is 49.2. The van der Waals surface area contributed by atoms with Crippen LogP contribution in [0.25, 0.3) is 11.1 Å². The van der Waals surface area contributed by atoms with Crippen molar-refractivity contribution in [3.63, 3.8) is 0 Å². The second-order valence-corrected chi connectivity index (χ2v) is 20.4. The smallest absolute Gasteiger partial charge is 0.261 e. The number of methoxy groups -OCH3 is 2. The van der Waals surface area contributed by atoms with Crippen molar-refractivity contribution in [2.45, 2.75) is 37.0 Å². The summed E-state index contributed by atoms with van der Waals surface area (Å²) in [6.45, 7) is 9.71. The number of amides is 2. The first-order chi connectivity index (χ1) is 33.7. The van der Waals surface area contributed by atoms with Crippen LogP contribution in [0.3, 0.4) is 0 Å². The van der Waals surface area contributed by atoms with Gasteiger partial charge in [-0.2, -0.15) is 0 Å².